The van der Waals surface area contributed by atoms with E-state index in [-0.39, 0.29) is 17.5 Å². The second-order valence-corrected chi connectivity index (χ2v) is 5.72. The fraction of sp³-hybridized carbons (Fsp3) is 0.500. The molecule has 0 aliphatic rings. The van der Waals surface area contributed by atoms with E-state index >= 15 is 0 Å². The van der Waals surface area contributed by atoms with Crippen LogP contribution in [-0.4, -0.2) is 28.0 Å². The first-order valence-corrected chi connectivity index (χ1v) is 7.38. The van der Waals surface area contributed by atoms with E-state index in [4.69, 9.17) is 10.5 Å². The summed E-state index contributed by atoms with van der Waals surface area (Å²) in [7, 11) is 0.301. The standard InChI is InChI=1S/C12H18N2O4S/c1-3-10(13)8-19(17)7-9-4-11(14(15)16)6-12(5-9)18-2/h4-6,10H,3,7-8,13H2,1-2H3. The van der Waals surface area contributed by atoms with Crippen LogP contribution in [0.5, 0.6) is 5.75 Å². The number of nitro groups is 1. The molecule has 0 amide bonds. The zero-order chi connectivity index (χ0) is 14.4. The van der Waals surface area contributed by atoms with Gasteiger partial charge in [-0.2, -0.15) is 0 Å². The molecule has 1 aromatic carbocycles. The minimum atomic E-state index is -1.14. The van der Waals surface area contributed by atoms with Crippen molar-refractivity contribution in [1.29, 1.82) is 0 Å². The third-order valence-electron chi connectivity index (χ3n) is 2.65. The van der Waals surface area contributed by atoms with Gasteiger partial charge in [0.25, 0.3) is 5.69 Å². The van der Waals surface area contributed by atoms with Gasteiger partial charge in [0, 0.05) is 34.4 Å². The van der Waals surface area contributed by atoms with Crippen LogP contribution < -0.4 is 10.5 Å². The van der Waals surface area contributed by atoms with E-state index < -0.39 is 15.7 Å². The Morgan fingerprint density at radius 1 is 1.47 bits per heavy atom. The normalized spacial score (nSPS) is 13.8. The maximum Gasteiger partial charge on any atom is 0.273 e. The molecule has 0 heterocycles. The highest BCUT2D eigenvalue weighted by Gasteiger charge is 2.13. The molecule has 0 saturated carbocycles. The Balaban J connectivity index is 2.85. The van der Waals surface area contributed by atoms with Crippen molar-refractivity contribution in [1.82, 2.24) is 0 Å². The van der Waals surface area contributed by atoms with E-state index in [1.807, 2.05) is 6.92 Å². The van der Waals surface area contributed by atoms with Crippen molar-refractivity contribution in [3.8, 4) is 5.75 Å². The van der Waals surface area contributed by atoms with Gasteiger partial charge in [0.05, 0.1) is 18.1 Å². The van der Waals surface area contributed by atoms with Crippen molar-refractivity contribution in [2.24, 2.45) is 5.73 Å². The SMILES string of the molecule is CCC(N)CS(=O)Cc1cc(OC)cc([N+](=O)[O-])c1. The molecular formula is C12H18N2O4S. The highest BCUT2D eigenvalue weighted by Crippen LogP contribution is 2.23. The van der Waals surface area contributed by atoms with Crippen LogP contribution >= 0.6 is 0 Å². The first kappa shape index (κ1) is 15.6. The van der Waals surface area contributed by atoms with Gasteiger partial charge in [-0.1, -0.05) is 6.92 Å². The van der Waals surface area contributed by atoms with Crippen molar-refractivity contribution in [2.45, 2.75) is 25.1 Å². The Morgan fingerprint density at radius 3 is 2.68 bits per heavy atom. The highest BCUT2D eigenvalue weighted by molar-refractivity contribution is 7.84. The summed E-state index contributed by atoms with van der Waals surface area (Å²) >= 11 is 0. The average Bonchev–Trinajstić information content (AvgIpc) is 2.37. The third kappa shape index (κ3) is 4.96. The lowest BCUT2D eigenvalue weighted by Crippen LogP contribution is -2.26. The maximum atomic E-state index is 11.9. The molecule has 0 fully saturated rings. The average molecular weight is 286 g/mol. The Hall–Kier alpha value is -1.47. The molecule has 1 aromatic rings. The highest BCUT2D eigenvalue weighted by atomic mass is 32.2. The van der Waals surface area contributed by atoms with Gasteiger partial charge in [-0.05, 0) is 18.1 Å². The fourth-order valence-corrected chi connectivity index (χ4v) is 2.92. The molecule has 2 N–H and O–H groups in total. The summed E-state index contributed by atoms with van der Waals surface area (Å²) < 4.78 is 16.9. The summed E-state index contributed by atoms with van der Waals surface area (Å²) in [4.78, 5) is 10.3. The number of nitro benzene ring substituents is 1. The predicted molar refractivity (Wildman–Crippen MR) is 74.6 cm³/mol. The topological polar surface area (TPSA) is 95.5 Å². The van der Waals surface area contributed by atoms with Gasteiger partial charge in [0.1, 0.15) is 5.75 Å². The Morgan fingerprint density at radius 2 is 2.16 bits per heavy atom. The molecular weight excluding hydrogens is 268 g/mol. The van der Waals surface area contributed by atoms with Crippen LogP contribution in [0.25, 0.3) is 0 Å². The van der Waals surface area contributed by atoms with Gasteiger partial charge >= 0.3 is 0 Å². The molecule has 0 radical (unpaired) electrons. The second-order valence-electron chi connectivity index (χ2n) is 4.22. The number of rotatable bonds is 7. The van der Waals surface area contributed by atoms with Crippen LogP contribution in [0.2, 0.25) is 0 Å². The lowest BCUT2D eigenvalue weighted by molar-refractivity contribution is -0.385. The quantitative estimate of drug-likeness (QED) is 0.606. The zero-order valence-corrected chi connectivity index (χ0v) is 11.8. The number of methoxy groups -OCH3 is 1. The van der Waals surface area contributed by atoms with E-state index in [1.54, 1.807) is 6.07 Å². The van der Waals surface area contributed by atoms with E-state index in [0.717, 1.165) is 6.42 Å². The molecule has 6 nitrogen and oxygen atoms in total. The van der Waals surface area contributed by atoms with Crippen LogP contribution in [0.1, 0.15) is 18.9 Å². The maximum absolute atomic E-state index is 11.9. The summed E-state index contributed by atoms with van der Waals surface area (Å²) in [5, 5.41) is 10.8. The van der Waals surface area contributed by atoms with E-state index in [2.05, 4.69) is 0 Å². The molecule has 0 spiro atoms. The predicted octanol–water partition coefficient (Wildman–Crippen LogP) is 1.59. The summed E-state index contributed by atoms with van der Waals surface area (Å²) in [6, 6.07) is 4.30. The number of ether oxygens (including phenoxy) is 1. The van der Waals surface area contributed by atoms with Gasteiger partial charge in [-0.3, -0.25) is 14.3 Å². The molecule has 1 rings (SSSR count). The third-order valence-corrected chi connectivity index (χ3v) is 4.10. The van der Waals surface area contributed by atoms with Crippen LogP contribution in [0, 0.1) is 10.1 Å². The molecule has 2 unspecified atom stereocenters. The van der Waals surface area contributed by atoms with Crippen LogP contribution in [0.3, 0.4) is 0 Å². The first-order chi connectivity index (χ1) is 8.96. The first-order valence-electron chi connectivity index (χ1n) is 5.89. The molecule has 0 aliphatic carbocycles. The van der Waals surface area contributed by atoms with Crippen LogP contribution in [0.15, 0.2) is 18.2 Å². The fourth-order valence-electron chi connectivity index (χ4n) is 1.55. The monoisotopic (exact) mass is 286 g/mol. The molecule has 0 bridgehead atoms. The van der Waals surface area contributed by atoms with Crippen molar-refractivity contribution in [3.63, 3.8) is 0 Å². The molecule has 0 aromatic heterocycles. The van der Waals surface area contributed by atoms with Gasteiger partial charge < -0.3 is 10.5 Å². The van der Waals surface area contributed by atoms with E-state index in [0.29, 0.717) is 17.1 Å². The second kappa shape index (κ2) is 7.20. The smallest absolute Gasteiger partial charge is 0.273 e. The zero-order valence-electron chi connectivity index (χ0n) is 11.0. The Labute approximate surface area is 114 Å². The number of non-ortho nitro benzene ring substituents is 1. The summed E-state index contributed by atoms with van der Waals surface area (Å²) in [5.41, 5.74) is 6.29. The summed E-state index contributed by atoms with van der Waals surface area (Å²) in [5.74, 6) is 1.02. The lowest BCUT2D eigenvalue weighted by atomic mass is 10.2. The van der Waals surface area contributed by atoms with Gasteiger partial charge in [-0.25, -0.2) is 0 Å². The summed E-state index contributed by atoms with van der Waals surface area (Å²) in [6.07, 6.45) is 0.754. The number of nitrogens with zero attached hydrogens (tertiary/aromatic N) is 1. The molecule has 0 saturated heterocycles. The van der Waals surface area contributed by atoms with E-state index in [9.17, 15) is 14.3 Å². The Kier molecular flexibility index (Phi) is 5.91. The van der Waals surface area contributed by atoms with Crippen LogP contribution in [-0.2, 0) is 16.6 Å². The summed E-state index contributed by atoms with van der Waals surface area (Å²) in [6.45, 7) is 1.93. The van der Waals surface area contributed by atoms with Crippen LogP contribution in [0.4, 0.5) is 5.69 Å². The molecule has 2 atom stereocenters. The number of hydrogen-bond donors (Lipinski definition) is 1. The number of hydrogen-bond acceptors (Lipinski definition) is 5. The van der Waals surface area contributed by atoms with Crippen molar-refractivity contribution in [3.05, 3.63) is 33.9 Å². The largest absolute Gasteiger partial charge is 0.496 e. The van der Waals surface area contributed by atoms with Crippen molar-refractivity contribution in [2.75, 3.05) is 12.9 Å². The van der Waals surface area contributed by atoms with Gasteiger partial charge in [0.15, 0.2) is 0 Å². The van der Waals surface area contributed by atoms with Gasteiger partial charge in [0.2, 0.25) is 0 Å². The minimum absolute atomic E-state index is 0.0638. The number of nitrogens with two attached hydrogens (primary N) is 1. The minimum Gasteiger partial charge on any atom is -0.496 e. The molecule has 0 aliphatic heterocycles. The number of benzene rings is 1. The molecule has 106 valence electrons. The molecule has 7 heteroatoms. The lowest BCUT2D eigenvalue weighted by Gasteiger charge is -2.09. The van der Waals surface area contributed by atoms with Gasteiger partial charge in [-0.15, -0.1) is 0 Å². The van der Waals surface area contributed by atoms with E-state index in [1.165, 1.54) is 19.2 Å². The van der Waals surface area contributed by atoms with Crippen molar-refractivity contribution < 1.29 is 13.9 Å². The Bertz CT molecular complexity index is 479. The molecule has 19 heavy (non-hydrogen) atoms. The van der Waals surface area contributed by atoms with Crippen molar-refractivity contribution >= 4 is 16.5 Å².